The number of piperidine rings is 1. The summed E-state index contributed by atoms with van der Waals surface area (Å²) < 4.78 is 5.19. The number of hydrogen-bond donors (Lipinski definition) is 1. The zero-order valence-corrected chi connectivity index (χ0v) is 7.98. The zero-order chi connectivity index (χ0) is 9.97. The molecule has 1 saturated heterocycles. The smallest absolute Gasteiger partial charge is 0.224 e. The van der Waals surface area contributed by atoms with Crippen LogP contribution >= 0.6 is 0 Å². The average Bonchev–Trinajstić information content (AvgIpc) is 2.62. The van der Waals surface area contributed by atoms with Crippen molar-refractivity contribution in [1.29, 1.82) is 0 Å². The van der Waals surface area contributed by atoms with Gasteiger partial charge in [0.1, 0.15) is 5.76 Å². The molecule has 0 radical (unpaired) electrons. The normalized spacial score (nSPS) is 22.8. The largest absolute Gasteiger partial charge is 0.467 e. The van der Waals surface area contributed by atoms with E-state index in [9.17, 15) is 4.79 Å². The van der Waals surface area contributed by atoms with Crippen molar-refractivity contribution in [2.45, 2.75) is 25.4 Å². The molecule has 1 atom stereocenters. The standard InChI is InChI=1S/C10H14N2O2/c11-8-3-4-12(10(13)6-8)7-9-2-1-5-14-9/h1-2,5,8H,3-4,6-7,11H2. The molecule has 1 aliphatic rings. The first-order chi connectivity index (χ1) is 6.75. The number of nitrogens with two attached hydrogens (primary N) is 1. The third-order valence-electron chi connectivity index (χ3n) is 2.49. The van der Waals surface area contributed by atoms with Gasteiger partial charge in [-0.25, -0.2) is 0 Å². The number of nitrogens with zero attached hydrogens (tertiary/aromatic N) is 1. The Kier molecular flexibility index (Phi) is 2.54. The predicted octanol–water partition coefficient (Wildman–Crippen LogP) is 0.729. The van der Waals surface area contributed by atoms with Crippen molar-refractivity contribution in [3.05, 3.63) is 24.2 Å². The summed E-state index contributed by atoms with van der Waals surface area (Å²) in [5.41, 5.74) is 5.69. The molecule has 1 aliphatic heterocycles. The van der Waals surface area contributed by atoms with Crippen molar-refractivity contribution in [2.75, 3.05) is 6.54 Å². The fraction of sp³-hybridized carbons (Fsp3) is 0.500. The van der Waals surface area contributed by atoms with Gasteiger partial charge in [-0.3, -0.25) is 4.79 Å². The second kappa shape index (κ2) is 3.84. The lowest BCUT2D eigenvalue weighted by Crippen LogP contribution is -2.43. The lowest BCUT2D eigenvalue weighted by Gasteiger charge is -2.29. The van der Waals surface area contributed by atoms with Crippen LogP contribution in [0.1, 0.15) is 18.6 Å². The van der Waals surface area contributed by atoms with E-state index in [-0.39, 0.29) is 11.9 Å². The summed E-state index contributed by atoms with van der Waals surface area (Å²) in [6.07, 6.45) is 2.96. The monoisotopic (exact) mass is 194 g/mol. The molecule has 0 saturated carbocycles. The minimum absolute atomic E-state index is 0.0374. The Morgan fingerprint density at radius 1 is 1.64 bits per heavy atom. The fourth-order valence-electron chi connectivity index (χ4n) is 1.66. The van der Waals surface area contributed by atoms with E-state index in [0.29, 0.717) is 13.0 Å². The van der Waals surface area contributed by atoms with E-state index in [0.717, 1.165) is 18.7 Å². The zero-order valence-electron chi connectivity index (χ0n) is 7.98. The summed E-state index contributed by atoms with van der Waals surface area (Å²) in [5, 5.41) is 0. The molecule has 1 aromatic heterocycles. The van der Waals surface area contributed by atoms with Crippen molar-refractivity contribution < 1.29 is 9.21 Å². The van der Waals surface area contributed by atoms with E-state index in [2.05, 4.69) is 0 Å². The Balaban J connectivity index is 1.95. The van der Waals surface area contributed by atoms with Crippen molar-refractivity contribution in [3.63, 3.8) is 0 Å². The van der Waals surface area contributed by atoms with Crippen LogP contribution in [-0.2, 0) is 11.3 Å². The SMILES string of the molecule is NC1CCN(Cc2ccco2)C(=O)C1. The van der Waals surface area contributed by atoms with Crippen LogP contribution in [0.5, 0.6) is 0 Å². The highest BCUT2D eigenvalue weighted by atomic mass is 16.3. The summed E-state index contributed by atoms with van der Waals surface area (Å²) >= 11 is 0. The molecule has 0 spiro atoms. The maximum atomic E-state index is 11.5. The minimum atomic E-state index is 0.0374. The Morgan fingerprint density at radius 2 is 2.50 bits per heavy atom. The molecule has 4 heteroatoms. The molecule has 0 aliphatic carbocycles. The Hall–Kier alpha value is -1.29. The van der Waals surface area contributed by atoms with E-state index in [1.165, 1.54) is 0 Å². The van der Waals surface area contributed by atoms with Crippen LogP contribution in [0.4, 0.5) is 0 Å². The molecular weight excluding hydrogens is 180 g/mol. The molecule has 1 unspecified atom stereocenters. The molecule has 76 valence electrons. The van der Waals surface area contributed by atoms with Crippen molar-refractivity contribution in [2.24, 2.45) is 5.73 Å². The van der Waals surface area contributed by atoms with Crippen molar-refractivity contribution >= 4 is 5.91 Å². The first kappa shape index (κ1) is 9.27. The van der Waals surface area contributed by atoms with Crippen LogP contribution in [0.25, 0.3) is 0 Å². The van der Waals surface area contributed by atoms with Gasteiger partial charge in [0.15, 0.2) is 0 Å². The highest BCUT2D eigenvalue weighted by Crippen LogP contribution is 2.13. The molecule has 1 fully saturated rings. The predicted molar refractivity (Wildman–Crippen MR) is 51.3 cm³/mol. The van der Waals surface area contributed by atoms with Gasteiger partial charge >= 0.3 is 0 Å². The molecule has 14 heavy (non-hydrogen) atoms. The van der Waals surface area contributed by atoms with E-state index < -0.39 is 0 Å². The minimum Gasteiger partial charge on any atom is -0.467 e. The second-order valence-electron chi connectivity index (χ2n) is 3.65. The number of likely N-dealkylation sites (tertiary alicyclic amines) is 1. The topological polar surface area (TPSA) is 59.5 Å². The van der Waals surface area contributed by atoms with E-state index in [1.807, 2.05) is 12.1 Å². The van der Waals surface area contributed by atoms with E-state index in [1.54, 1.807) is 11.2 Å². The lowest BCUT2D eigenvalue weighted by atomic mass is 10.1. The molecule has 0 aromatic carbocycles. The molecule has 0 bridgehead atoms. The van der Waals surface area contributed by atoms with Gasteiger partial charge < -0.3 is 15.1 Å². The van der Waals surface area contributed by atoms with Crippen LogP contribution in [0.2, 0.25) is 0 Å². The number of amides is 1. The molecule has 1 amide bonds. The van der Waals surface area contributed by atoms with Gasteiger partial charge in [-0.15, -0.1) is 0 Å². The highest BCUT2D eigenvalue weighted by molar-refractivity contribution is 5.77. The molecule has 4 nitrogen and oxygen atoms in total. The van der Waals surface area contributed by atoms with Gasteiger partial charge in [0.2, 0.25) is 5.91 Å². The molecule has 2 N–H and O–H groups in total. The molecular formula is C10H14N2O2. The quantitative estimate of drug-likeness (QED) is 0.755. The van der Waals surface area contributed by atoms with Gasteiger partial charge in [0, 0.05) is 19.0 Å². The number of carbonyl (C=O) groups is 1. The maximum absolute atomic E-state index is 11.5. The number of furan rings is 1. The summed E-state index contributed by atoms with van der Waals surface area (Å²) in [5.74, 6) is 0.953. The Bertz CT molecular complexity index is 308. The van der Waals surface area contributed by atoms with Gasteiger partial charge in [-0.2, -0.15) is 0 Å². The molecule has 2 rings (SSSR count). The Labute approximate surface area is 82.7 Å². The summed E-state index contributed by atoms with van der Waals surface area (Å²) in [7, 11) is 0. The van der Waals surface area contributed by atoms with Gasteiger partial charge in [0.05, 0.1) is 12.8 Å². The van der Waals surface area contributed by atoms with E-state index in [4.69, 9.17) is 10.2 Å². The van der Waals surface area contributed by atoms with Gasteiger partial charge in [-0.05, 0) is 18.6 Å². The van der Waals surface area contributed by atoms with Crippen LogP contribution in [0, 0.1) is 0 Å². The van der Waals surface area contributed by atoms with Crippen molar-refractivity contribution in [3.8, 4) is 0 Å². The van der Waals surface area contributed by atoms with Gasteiger partial charge in [0.25, 0.3) is 0 Å². The van der Waals surface area contributed by atoms with Crippen LogP contribution in [0.3, 0.4) is 0 Å². The third-order valence-corrected chi connectivity index (χ3v) is 2.49. The summed E-state index contributed by atoms with van der Waals surface area (Å²) in [4.78, 5) is 13.3. The third kappa shape index (κ3) is 1.96. The summed E-state index contributed by atoms with van der Waals surface area (Å²) in [6.45, 7) is 1.30. The lowest BCUT2D eigenvalue weighted by molar-refractivity contribution is -0.134. The van der Waals surface area contributed by atoms with Crippen molar-refractivity contribution in [1.82, 2.24) is 4.90 Å². The highest BCUT2D eigenvalue weighted by Gasteiger charge is 2.23. The number of rotatable bonds is 2. The summed E-state index contributed by atoms with van der Waals surface area (Å²) in [6, 6.07) is 3.74. The first-order valence-corrected chi connectivity index (χ1v) is 4.81. The van der Waals surface area contributed by atoms with Crippen LogP contribution < -0.4 is 5.73 Å². The second-order valence-corrected chi connectivity index (χ2v) is 3.65. The average molecular weight is 194 g/mol. The fourth-order valence-corrected chi connectivity index (χ4v) is 1.66. The first-order valence-electron chi connectivity index (χ1n) is 4.81. The molecule has 1 aromatic rings. The number of carbonyl (C=O) groups excluding carboxylic acids is 1. The Morgan fingerprint density at radius 3 is 3.14 bits per heavy atom. The van der Waals surface area contributed by atoms with Gasteiger partial charge in [-0.1, -0.05) is 0 Å². The van der Waals surface area contributed by atoms with Crippen LogP contribution in [-0.4, -0.2) is 23.4 Å². The van der Waals surface area contributed by atoms with E-state index >= 15 is 0 Å². The number of hydrogen-bond acceptors (Lipinski definition) is 3. The molecule has 2 heterocycles. The maximum Gasteiger partial charge on any atom is 0.224 e. The van der Waals surface area contributed by atoms with Crippen LogP contribution in [0.15, 0.2) is 22.8 Å².